The zero-order chi connectivity index (χ0) is 38.9. The van der Waals surface area contributed by atoms with E-state index in [-0.39, 0.29) is 19.5 Å². The van der Waals surface area contributed by atoms with Gasteiger partial charge >= 0.3 is 0 Å². The number of aliphatic carboxylic acids is 4. The summed E-state index contributed by atoms with van der Waals surface area (Å²) in [6.45, 7) is 3.99. The van der Waals surface area contributed by atoms with Gasteiger partial charge in [-0.3, -0.25) is 19.2 Å². The van der Waals surface area contributed by atoms with Crippen molar-refractivity contribution in [2.45, 2.75) is 126 Å². The van der Waals surface area contributed by atoms with Crippen molar-refractivity contribution in [2.75, 3.05) is 13.1 Å². The third-order valence-corrected chi connectivity index (χ3v) is 6.45. The van der Waals surface area contributed by atoms with Crippen LogP contribution in [-0.4, -0.2) is 185 Å². The molecule has 0 bridgehead atoms. The first-order valence-electron chi connectivity index (χ1n) is 14.5. The lowest BCUT2D eigenvalue weighted by Gasteiger charge is -2.48. The number of aliphatic hydroxyl groups excluding tert-OH is 7. The van der Waals surface area contributed by atoms with Gasteiger partial charge in [0.2, 0.25) is 0 Å². The molecule has 3 rings (SSSR count). The number of aliphatic hydroxyl groups is 7. The van der Waals surface area contributed by atoms with Gasteiger partial charge in [0.1, 0.15) is 67.1 Å². The van der Waals surface area contributed by atoms with Gasteiger partial charge in [0.05, 0.1) is 0 Å². The molecule has 0 aromatic carbocycles. The normalized spacial score (nSPS) is 38.2. The third kappa shape index (κ3) is 17.7. The Morgan fingerprint density at radius 1 is 0.531 bits per heavy atom. The van der Waals surface area contributed by atoms with Crippen molar-refractivity contribution in [2.24, 2.45) is 22.9 Å². The molecule has 290 valence electrons. The fraction of sp³-hybridized carbons (Fsp3) is 0.846. The molecule has 2 aliphatic heterocycles. The quantitative estimate of drug-likeness (QED) is 0.121. The molecule has 0 aromatic rings. The molecule has 2 heterocycles. The molecule has 3 fully saturated rings. The Kier molecular flexibility index (Phi) is 23.3. The molecule has 23 heteroatoms. The van der Waals surface area contributed by atoms with E-state index in [1.807, 2.05) is 0 Å². The Hall–Kier alpha value is -2.72. The van der Waals surface area contributed by atoms with Crippen LogP contribution in [0.1, 0.15) is 34.1 Å². The summed E-state index contributed by atoms with van der Waals surface area (Å²) in [5, 5.41) is 101. The van der Waals surface area contributed by atoms with E-state index in [4.69, 9.17) is 81.5 Å². The number of carbonyl (C=O) groups is 4. The highest BCUT2D eigenvalue weighted by Gasteiger charge is 2.51. The molecule has 1 aliphatic carbocycles. The van der Waals surface area contributed by atoms with E-state index in [2.05, 4.69) is 0 Å². The van der Waals surface area contributed by atoms with Crippen LogP contribution >= 0.6 is 0 Å². The van der Waals surface area contributed by atoms with Crippen LogP contribution in [0.25, 0.3) is 0 Å². The third-order valence-electron chi connectivity index (χ3n) is 6.45. The van der Waals surface area contributed by atoms with Gasteiger partial charge in [0, 0.05) is 52.9 Å². The molecule has 1 unspecified atom stereocenters. The van der Waals surface area contributed by atoms with E-state index in [1.165, 1.54) is 0 Å². The highest BCUT2D eigenvalue weighted by molar-refractivity contribution is 5.63. The SMILES string of the molecule is CC(=O)O.CC(=O)O.CC(=O)O.CC(=O)O.NC[C@@H]1O[C@@H](O[C@@H]2C(O)[C@H](O[C@@H]3O[C@@H](CN)[C@H](O)[C@@H](O)[C@@H]3O)[C@@H](N)C[C@H]2N)[C@@H](O)[C@H](O)[C@H]1O. The second-order valence-electron chi connectivity index (χ2n) is 10.8. The second-order valence-corrected chi connectivity index (χ2v) is 10.8. The molecule has 0 spiro atoms. The predicted octanol–water partition coefficient (Wildman–Crippen LogP) is -6.93. The summed E-state index contributed by atoms with van der Waals surface area (Å²) in [4.78, 5) is 36.0. The fourth-order valence-corrected chi connectivity index (χ4v) is 4.40. The first kappa shape index (κ1) is 48.4. The van der Waals surface area contributed by atoms with Crippen LogP contribution in [0.15, 0.2) is 0 Å². The minimum atomic E-state index is -1.66. The van der Waals surface area contributed by atoms with Crippen LogP contribution in [0.5, 0.6) is 0 Å². The standard InChI is InChI=1S/C18H36N4O11.4C2H4O2/c19-2-6-8(23)10(25)12(27)17(30-6)32-15-4(21)1-5(22)16(14(15)29)33-18-13(28)11(26)9(24)7(3-20)31-18;4*1-2(3)4/h4-18,23-29H,1-3,19-22H2;4*1H3,(H,3,4)/t4-,5+,6-,7-,8-,9-,10+,11+,12-,13-,14?,15+,16-,17-,18-;;;;/m0..../s1. The molecule has 1 saturated carbocycles. The predicted molar refractivity (Wildman–Crippen MR) is 161 cm³/mol. The number of carboxylic acids is 4. The van der Waals surface area contributed by atoms with Gasteiger partial charge in [0.15, 0.2) is 12.6 Å². The molecule has 23 nitrogen and oxygen atoms in total. The van der Waals surface area contributed by atoms with Crippen LogP contribution in [0.3, 0.4) is 0 Å². The topological polar surface area (TPSA) is 432 Å². The minimum absolute atomic E-state index is 0.0784. The van der Waals surface area contributed by atoms with Gasteiger partial charge in [-0.05, 0) is 6.42 Å². The van der Waals surface area contributed by atoms with Gasteiger partial charge in [-0.1, -0.05) is 0 Å². The van der Waals surface area contributed by atoms with Crippen molar-refractivity contribution in [3.8, 4) is 0 Å². The Bertz CT molecular complexity index is 880. The van der Waals surface area contributed by atoms with E-state index >= 15 is 0 Å². The Balaban J connectivity index is 0. The molecular weight excluding hydrogens is 672 g/mol. The molecule has 2 saturated heterocycles. The summed E-state index contributed by atoms with van der Waals surface area (Å²) < 4.78 is 22.2. The summed E-state index contributed by atoms with van der Waals surface area (Å²) >= 11 is 0. The highest BCUT2D eigenvalue weighted by Crippen LogP contribution is 2.31. The summed E-state index contributed by atoms with van der Waals surface area (Å²) in [7, 11) is 0. The maximum atomic E-state index is 10.9. The van der Waals surface area contributed by atoms with Crippen LogP contribution < -0.4 is 22.9 Å². The Morgan fingerprint density at radius 3 is 1.00 bits per heavy atom. The van der Waals surface area contributed by atoms with Crippen LogP contribution in [0, 0.1) is 0 Å². The molecule has 0 radical (unpaired) electrons. The average molecular weight is 725 g/mol. The average Bonchev–Trinajstić information content (AvgIpc) is 2.96. The smallest absolute Gasteiger partial charge is 0.300 e. The monoisotopic (exact) mass is 724 g/mol. The minimum Gasteiger partial charge on any atom is -0.481 e. The maximum absolute atomic E-state index is 10.9. The van der Waals surface area contributed by atoms with Crippen LogP contribution in [0.4, 0.5) is 0 Å². The summed E-state index contributed by atoms with van der Waals surface area (Å²) in [5.41, 5.74) is 23.2. The number of hydrogen-bond donors (Lipinski definition) is 15. The molecule has 0 amide bonds. The highest BCUT2D eigenvalue weighted by atomic mass is 16.7. The van der Waals surface area contributed by atoms with Crippen molar-refractivity contribution in [1.82, 2.24) is 0 Å². The lowest BCUT2D eigenvalue weighted by molar-refractivity contribution is -0.336. The van der Waals surface area contributed by atoms with Gasteiger partial charge in [-0.25, -0.2) is 0 Å². The van der Waals surface area contributed by atoms with Gasteiger partial charge < -0.3 is 98.1 Å². The zero-order valence-electron chi connectivity index (χ0n) is 27.3. The lowest BCUT2D eigenvalue weighted by atomic mass is 9.84. The van der Waals surface area contributed by atoms with Gasteiger partial charge in [-0.2, -0.15) is 0 Å². The van der Waals surface area contributed by atoms with Gasteiger partial charge in [-0.15, -0.1) is 0 Å². The summed E-state index contributed by atoms with van der Waals surface area (Å²) in [5.74, 6) is -3.33. The van der Waals surface area contributed by atoms with Gasteiger partial charge in [0.25, 0.3) is 23.9 Å². The van der Waals surface area contributed by atoms with Crippen molar-refractivity contribution >= 4 is 23.9 Å². The molecule has 49 heavy (non-hydrogen) atoms. The van der Waals surface area contributed by atoms with Crippen LogP contribution in [0.2, 0.25) is 0 Å². The van der Waals surface area contributed by atoms with Crippen molar-refractivity contribution in [1.29, 1.82) is 0 Å². The molecule has 3 aliphatic rings. The van der Waals surface area contributed by atoms with Crippen molar-refractivity contribution < 1.29 is 94.3 Å². The lowest BCUT2D eigenvalue weighted by Crippen LogP contribution is -2.68. The first-order valence-corrected chi connectivity index (χ1v) is 14.5. The fourth-order valence-electron chi connectivity index (χ4n) is 4.40. The first-order chi connectivity index (χ1) is 22.4. The zero-order valence-corrected chi connectivity index (χ0v) is 27.3. The van der Waals surface area contributed by atoms with E-state index in [1.54, 1.807) is 0 Å². The Morgan fingerprint density at radius 2 is 0.776 bits per heavy atom. The summed E-state index contributed by atoms with van der Waals surface area (Å²) in [6, 6.07) is -1.68. The van der Waals surface area contributed by atoms with E-state index < -0.39 is 116 Å². The van der Waals surface area contributed by atoms with Crippen LogP contribution in [-0.2, 0) is 38.1 Å². The van der Waals surface area contributed by atoms with Crippen molar-refractivity contribution in [3.63, 3.8) is 0 Å². The number of rotatable bonds is 6. The number of hydrogen-bond acceptors (Lipinski definition) is 19. The molecule has 19 N–H and O–H groups in total. The van der Waals surface area contributed by atoms with E-state index in [0.29, 0.717) is 0 Å². The number of carboxylic acid groups (broad SMARTS) is 4. The summed E-state index contributed by atoms with van der Waals surface area (Å²) in [6.07, 6.45) is -18.3. The molecule has 15 atom stereocenters. The largest absolute Gasteiger partial charge is 0.481 e. The molecular formula is C26H52N4O19. The second kappa shape index (κ2) is 23.6. The van der Waals surface area contributed by atoms with E-state index in [9.17, 15) is 35.7 Å². The number of ether oxygens (including phenoxy) is 4. The van der Waals surface area contributed by atoms with Crippen molar-refractivity contribution in [3.05, 3.63) is 0 Å². The van der Waals surface area contributed by atoms with E-state index in [0.717, 1.165) is 27.7 Å². The maximum Gasteiger partial charge on any atom is 0.300 e. The molecule has 0 aromatic heterocycles. The Labute approximate surface area is 280 Å². The number of nitrogens with two attached hydrogens (primary N) is 4.